The monoisotopic (exact) mass is 322 g/mol. The van der Waals surface area contributed by atoms with Gasteiger partial charge in [0.25, 0.3) is 0 Å². The van der Waals surface area contributed by atoms with Crippen molar-refractivity contribution < 1.29 is 14.3 Å². The van der Waals surface area contributed by atoms with Crippen LogP contribution < -0.4 is 0 Å². The lowest BCUT2D eigenvalue weighted by molar-refractivity contribution is -0.154. The lowest BCUT2D eigenvalue weighted by atomic mass is 10.1. The van der Waals surface area contributed by atoms with Crippen LogP contribution >= 0.6 is 23.2 Å². The molecular formula is C16H12Cl2O3. The van der Waals surface area contributed by atoms with E-state index in [1.54, 1.807) is 18.2 Å². The van der Waals surface area contributed by atoms with Gasteiger partial charge in [-0.15, -0.1) is 0 Å². The van der Waals surface area contributed by atoms with E-state index in [9.17, 15) is 9.59 Å². The number of hydrogen-bond donors (Lipinski definition) is 0. The number of rotatable bonds is 5. The highest BCUT2D eigenvalue weighted by molar-refractivity contribution is 6.38. The second-order valence-electron chi connectivity index (χ2n) is 4.36. The molecule has 108 valence electrons. The molecule has 0 saturated heterocycles. The molecule has 0 saturated carbocycles. The van der Waals surface area contributed by atoms with Gasteiger partial charge in [0, 0.05) is 16.5 Å². The molecule has 0 amide bonds. The summed E-state index contributed by atoms with van der Waals surface area (Å²) in [5, 5.41) is 0.707. The van der Waals surface area contributed by atoms with Crippen molar-refractivity contribution in [3.8, 4) is 0 Å². The van der Waals surface area contributed by atoms with Gasteiger partial charge in [-0.3, -0.25) is 4.79 Å². The minimum Gasteiger partial charge on any atom is -0.455 e. The fraction of sp³-hybridized carbons (Fsp3) is 0.125. The highest BCUT2D eigenvalue weighted by Gasteiger charge is 2.19. The number of benzene rings is 2. The Kier molecular flexibility index (Phi) is 5.37. The van der Waals surface area contributed by atoms with Crippen LogP contribution in [0.25, 0.3) is 0 Å². The fourth-order valence-electron chi connectivity index (χ4n) is 1.74. The lowest BCUT2D eigenvalue weighted by Gasteiger charge is -2.07. The third kappa shape index (κ3) is 4.31. The molecule has 0 fully saturated rings. The standard InChI is InChI=1S/C16H12Cl2O3/c17-13-7-4-8-14(18)12(13)9-15(19)16(20)21-10-11-5-2-1-3-6-11/h1-8H,9-10H2. The third-order valence-electron chi connectivity index (χ3n) is 2.84. The first kappa shape index (κ1) is 15.5. The van der Waals surface area contributed by atoms with Crippen LogP contribution in [0.5, 0.6) is 0 Å². The Balaban J connectivity index is 1.96. The Morgan fingerprint density at radius 2 is 1.52 bits per heavy atom. The molecule has 2 aromatic rings. The molecule has 5 heteroatoms. The van der Waals surface area contributed by atoms with Crippen molar-refractivity contribution in [2.75, 3.05) is 0 Å². The molecule has 0 unspecified atom stereocenters. The summed E-state index contributed by atoms with van der Waals surface area (Å²) in [6.45, 7) is 0.0572. The van der Waals surface area contributed by atoms with E-state index < -0.39 is 11.8 Å². The van der Waals surface area contributed by atoms with Gasteiger partial charge in [0.15, 0.2) is 0 Å². The molecule has 2 rings (SSSR count). The number of ketones is 1. The van der Waals surface area contributed by atoms with E-state index in [1.807, 2.05) is 30.3 Å². The van der Waals surface area contributed by atoms with Crippen molar-refractivity contribution in [2.45, 2.75) is 13.0 Å². The molecule has 0 bridgehead atoms. The second kappa shape index (κ2) is 7.25. The minimum atomic E-state index is -0.894. The first-order chi connectivity index (χ1) is 10.1. The number of halogens is 2. The fourth-order valence-corrected chi connectivity index (χ4v) is 2.27. The van der Waals surface area contributed by atoms with Crippen LogP contribution in [-0.2, 0) is 27.4 Å². The Morgan fingerprint density at radius 1 is 0.905 bits per heavy atom. The first-order valence-electron chi connectivity index (χ1n) is 6.24. The van der Waals surface area contributed by atoms with E-state index in [1.165, 1.54) is 0 Å². The van der Waals surface area contributed by atoms with E-state index in [0.29, 0.717) is 15.6 Å². The summed E-state index contributed by atoms with van der Waals surface area (Å²) in [5.41, 5.74) is 1.25. The van der Waals surface area contributed by atoms with Crippen LogP contribution in [0, 0.1) is 0 Å². The maximum Gasteiger partial charge on any atom is 0.375 e. The van der Waals surface area contributed by atoms with Crippen molar-refractivity contribution in [1.82, 2.24) is 0 Å². The minimum absolute atomic E-state index is 0.0572. The van der Waals surface area contributed by atoms with Crippen molar-refractivity contribution >= 4 is 35.0 Å². The molecule has 0 aromatic heterocycles. The highest BCUT2D eigenvalue weighted by atomic mass is 35.5. The summed E-state index contributed by atoms with van der Waals surface area (Å²) in [6, 6.07) is 14.0. The Labute approximate surface area is 132 Å². The van der Waals surface area contributed by atoms with E-state index in [2.05, 4.69) is 0 Å². The molecule has 0 radical (unpaired) electrons. The van der Waals surface area contributed by atoms with Crippen LogP contribution in [0.15, 0.2) is 48.5 Å². The summed E-state index contributed by atoms with van der Waals surface area (Å²) in [4.78, 5) is 23.5. The highest BCUT2D eigenvalue weighted by Crippen LogP contribution is 2.24. The van der Waals surface area contributed by atoms with Gasteiger partial charge in [0.05, 0.1) is 0 Å². The number of Topliss-reactive ketones (excluding diaryl/α,β-unsaturated/α-hetero) is 1. The topological polar surface area (TPSA) is 43.4 Å². The molecule has 0 aliphatic rings. The van der Waals surface area contributed by atoms with Gasteiger partial charge < -0.3 is 4.74 Å². The molecule has 0 N–H and O–H groups in total. The van der Waals surface area contributed by atoms with E-state index in [4.69, 9.17) is 27.9 Å². The molecule has 0 aliphatic heterocycles. The predicted molar refractivity (Wildman–Crippen MR) is 81.4 cm³/mol. The number of ether oxygens (including phenoxy) is 1. The van der Waals surface area contributed by atoms with Gasteiger partial charge in [0.1, 0.15) is 6.61 Å². The van der Waals surface area contributed by atoms with E-state index >= 15 is 0 Å². The summed E-state index contributed by atoms with van der Waals surface area (Å²) >= 11 is 11.9. The first-order valence-corrected chi connectivity index (χ1v) is 7.00. The number of esters is 1. The zero-order valence-electron chi connectivity index (χ0n) is 11.0. The maximum atomic E-state index is 11.8. The van der Waals surface area contributed by atoms with Crippen molar-refractivity contribution in [3.63, 3.8) is 0 Å². The van der Waals surface area contributed by atoms with Gasteiger partial charge in [-0.2, -0.15) is 0 Å². The summed E-state index contributed by atoms with van der Waals surface area (Å²) in [6.07, 6.45) is -0.174. The normalized spacial score (nSPS) is 10.2. The molecule has 0 heterocycles. The Bertz CT molecular complexity index is 634. The zero-order valence-corrected chi connectivity index (χ0v) is 12.5. The maximum absolute atomic E-state index is 11.8. The molecule has 0 atom stereocenters. The molecule has 2 aromatic carbocycles. The third-order valence-corrected chi connectivity index (χ3v) is 3.55. The second-order valence-corrected chi connectivity index (χ2v) is 5.18. The number of carbonyl (C=O) groups excluding carboxylic acids is 2. The smallest absolute Gasteiger partial charge is 0.375 e. The van der Waals surface area contributed by atoms with Crippen LogP contribution in [0.4, 0.5) is 0 Å². The molecule has 0 aliphatic carbocycles. The molecular weight excluding hydrogens is 311 g/mol. The summed E-state index contributed by atoms with van der Waals surface area (Å²) in [5.74, 6) is -1.57. The van der Waals surface area contributed by atoms with E-state index in [0.717, 1.165) is 5.56 Å². The van der Waals surface area contributed by atoms with Crippen LogP contribution in [0.3, 0.4) is 0 Å². The summed E-state index contributed by atoms with van der Waals surface area (Å²) in [7, 11) is 0. The number of hydrogen-bond acceptors (Lipinski definition) is 3. The SMILES string of the molecule is O=C(Cc1c(Cl)cccc1Cl)C(=O)OCc1ccccc1. The van der Waals surface area contributed by atoms with Crippen molar-refractivity contribution in [1.29, 1.82) is 0 Å². The predicted octanol–water partition coefficient (Wildman–Crippen LogP) is 3.85. The molecule has 0 spiro atoms. The average Bonchev–Trinajstić information content (AvgIpc) is 2.49. The summed E-state index contributed by atoms with van der Waals surface area (Å²) < 4.78 is 4.97. The molecule has 3 nitrogen and oxygen atoms in total. The Hall–Kier alpha value is -1.84. The Morgan fingerprint density at radius 3 is 2.14 bits per heavy atom. The van der Waals surface area contributed by atoms with E-state index in [-0.39, 0.29) is 13.0 Å². The quantitative estimate of drug-likeness (QED) is 0.620. The van der Waals surface area contributed by atoms with Crippen LogP contribution in [0.2, 0.25) is 10.0 Å². The largest absolute Gasteiger partial charge is 0.455 e. The van der Waals surface area contributed by atoms with Gasteiger partial charge in [0.2, 0.25) is 5.78 Å². The van der Waals surface area contributed by atoms with Gasteiger partial charge in [-0.05, 0) is 23.3 Å². The number of carbonyl (C=O) groups is 2. The van der Waals surface area contributed by atoms with Gasteiger partial charge in [-0.25, -0.2) is 4.79 Å². The average molecular weight is 323 g/mol. The van der Waals surface area contributed by atoms with Gasteiger partial charge in [-0.1, -0.05) is 59.6 Å². The van der Waals surface area contributed by atoms with Crippen LogP contribution in [0.1, 0.15) is 11.1 Å². The lowest BCUT2D eigenvalue weighted by Crippen LogP contribution is -2.19. The van der Waals surface area contributed by atoms with Crippen LogP contribution in [-0.4, -0.2) is 11.8 Å². The van der Waals surface area contributed by atoms with Crippen molar-refractivity contribution in [3.05, 3.63) is 69.7 Å². The molecule has 21 heavy (non-hydrogen) atoms. The van der Waals surface area contributed by atoms with Gasteiger partial charge >= 0.3 is 5.97 Å². The van der Waals surface area contributed by atoms with Crippen molar-refractivity contribution in [2.24, 2.45) is 0 Å². The zero-order chi connectivity index (χ0) is 15.2.